The molecule has 3 rings (SSSR count). The van der Waals surface area contributed by atoms with Crippen molar-refractivity contribution in [2.24, 2.45) is 0 Å². The fourth-order valence-corrected chi connectivity index (χ4v) is 3.70. The average molecular weight is 408 g/mol. The number of aryl methyl sites for hydroxylation is 1. The Bertz CT molecular complexity index is 1080. The minimum Gasteiger partial charge on any atom is -0.493 e. The molecule has 30 heavy (non-hydrogen) atoms. The maximum absolute atomic E-state index is 13.2. The Morgan fingerprint density at radius 1 is 1.10 bits per heavy atom. The molecule has 6 nitrogen and oxygen atoms in total. The average Bonchev–Trinajstić information content (AvgIpc) is 3.05. The van der Waals surface area contributed by atoms with Gasteiger partial charge in [0.1, 0.15) is 11.4 Å². The number of rotatable bonds is 7. The molecular weight excluding hydrogens is 380 g/mol. The summed E-state index contributed by atoms with van der Waals surface area (Å²) in [7, 11) is 3.08. The van der Waals surface area contributed by atoms with Crippen LogP contribution in [0.25, 0.3) is 10.8 Å². The number of hydrogen-bond donors (Lipinski definition) is 1. The van der Waals surface area contributed by atoms with Crippen LogP contribution in [-0.4, -0.2) is 42.5 Å². The Hall–Kier alpha value is -3.28. The summed E-state index contributed by atoms with van der Waals surface area (Å²) in [6, 6.07) is 12.1. The predicted molar refractivity (Wildman–Crippen MR) is 117 cm³/mol. The van der Waals surface area contributed by atoms with Crippen molar-refractivity contribution in [2.75, 3.05) is 20.8 Å². The van der Waals surface area contributed by atoms with Crippen LogP contribution in [0.2, 0.25) is 0 Å². The normalized spacial score (nSPS) is 10.8. The molecule has 0 aliphatic carbocycles. The van der Waals surface area contributed by atoms with Crippen molar-refractivity contribution in [2.45, 2.75) is 33.7 Å². The Balaban J connectivity index is 1.96. The van der Waals surface area contributed by atoms with E-state index >= 15 is 0 Å². The van der Waals surface area contributed by atoms with E-state index in [1.165, 1.54) is 7.11 Å². The Morgan fingerprint density at radius 2 is 1.83 bits per heavy atom. The second-order valence-corrected chi connectivity index (χ2v) is 7.39. The van der Waals surface area contributed by atoms with E-state index in [0.29, 0.717) is 35.7 Å². The molecule has 0 bridgehead atoms. The summed E-state index contributed by atoms with van der Waals surface area (Å²) in [4.78, 5) is 30.0. The zero-order chi connectivity index (χ0) is 21.8. The predicted octanol–water partition coefficient (Wildman–Crippen LogP) is 4.63. The first-order valence-corrected chi connectivity index (χ1v) is 10.0. The van der Waals surface area contributed by atoms with E-state index < -0.39 is 5.97 Å². The van der Waals surface area contributed by atoms with E-state index in [1.54, 1.807) is 25.8 Å². The number of amides is 1. The van der Waals surface area contributed by atoms with Gasteiger partial charge in [-0.15, -0.1) is 0 Å². The molecule has 0 unspecified atom stereocenters. The summed E-state index contributed by atoms with van der Waals surface area (Å²) in [6.07, 6.45) is 0.901. The first kappa shape index (κ1) is 21.4. The number of esters is 1. The smallest absolute Gasteiger partial charge is 0.339 e. The van der Waals surface area contributed by atoms with Crippen LogP contribution in [0.4, 0.5) is 0 Å². The number of nitrogens with zero attached hydrogens (tertiary/aromatic N) is 1. The lowest BCUT2D eigenvalue weighted by atomic mass is 10.0. The van der Waals surface area contributed by atoms with Crippen LogP contribution in [0, 0.1) is 13.8 Å². The molecular formula is C24H28N2O4. The summed E-state index contributed by atoms with van der Waals surface area (Å²) in [5, 5.41) is 2.15. The van der Waals surface area contributed by atoms with E-state index in [0.717, 1.165) is 28.5 Å². The van der Waals surface area contributed by atoms with Gasteiger partial charge in [-0.1, -0.05) is 37.3 Å². The second kappa shape index (κ2) is 9.03. The fourth-order valence-electron chi connectivity index (χ4n) is 3.70. The van der Waals surface area contributed by atoms with E-state index in [-0.39, 0.29) is 5.91 Å². The molecule has 1 amide bonds. The number of nitrogens with one attached hydrogen (secondary N) is 1. The zero-order valence-corrected chi connectivity index (χ0v) is 18.2. The number of carbonyl (C=O) groups is 2. The van der Waals surface area contributed by atoms with Gasteiger partial charge in [0.05, 0.1) is 19.3 Å². The Labute approximate surface area is 176 Å². The van der Waals surface area contributed by atoms with E-state index in [4.69, 9.17) is 9.47 Å². The number of ether oxygens (including phenoxy) is 2. The van der Waals surface area contributed by atoms with Gasteiger partial charge in [-0.25, -0.2) is 4.79 Å². The molecule has 0 saturated carbocycles. The highest BCUT2D eigenvalue weighted by molar-refractivity contribution is 6.00. The van der Waals surface area contributed by atoms with Crippen LogP contribution in [0.15, 0.2) is 36.4 Å². The highest BCUT2D eigenvalue weighted by Crippen LogP contribution is 2.30. The molecule has 0 radical (unpaired) electrons. The molecule has 6 heteroatoms. The van der Waals surface area contributed by atoms with Gasteiger partial charge in [0.2, 0.25) is 0 Å². The number of methoxy groups -OCH3 is 1. The lowest BCUT2D eigenvalue weighted by molar-refractivity contribution is 0.0599. The van der Waals surface area contributed by atoms with Crippen molar-refractivity contribution in [3.63, 3.8) is 0 Å². The molecule has 1 N–H and O–H groups in total. The van der Waals surface area contributed by atoms with Crippen molar-refractivity contribution in [3.05, 3.63) is 64.5 Å². The van der Waals surface area contributed by atoms with Gasteiger partial charge >= 0.3 is 5.97 Å². The van der Waals surface area contributed by atoms with Crippen molar-refractivity contribution < 1.29 is 19.1 Å². The molecule has 0 aliphatic heterocycles. The third kappa shape index (κ3) is 4.03. The van der Waals surface area contributed by atoms with E-state index in [9.17, 15) is 9.59 Å². The Kier molecular flexibility index (Phi) is 6.45. The van der Waals surface area contributed by atoms with Crippen LogP contribution in [-0.2, 0) is 11.3 Å². The van der Waals surface area contributed by atoms with Gasteiger partial charge in [0.15, 0.2) is 0 Å². The summed E-state index contributed by atoms with van der Waals surface area (Å²) >= 11 is 0. The van der Waals surface area contributed by atoms with Crippen molar-refractivity contribution >= 4 is 22.6 Å². The van der Waals surface area contributed by atoms with Gasteiger partial charge in [0, 0.05) is 24.8 Å². The maximum Gasteiger partial charge on any atom is 0.339 e. The number of hydrogen-bond acceptors (Lipinski definition) is 4. The number of H-pyrrole nitrogens is 1. The molecule has 2 aromatic carbocycles. The van der Waals surface area contributed by atoms with E-state index in [2.05, 4.69) is 11.9 Å². The van der Waals surface area contributed by atoms with Crippen molar-refractivity contribution in [1.82, 2.24) is 9.88 Å². The fraction of sp³-hybridized carbons (Fsp3) is 0.333. The molecule has 0 saturated heterocycles. The van der Waals surface area contributed by atoms with Gasteiger partial charge in [-0.05, 0) is 42.7 Å². The highest BCUT2D eigenvalue weighted by atomic mass is 16.5. The topological polar surface area (TPSA) is 71.6 Å². The number of benzene rings is 2. The largest absolute Gasteiger partial charge is 0.493 e. The molecule has 0 atom stereocenters. The SMILES string of the molecule is CCCOc1ccc2ccccc2c1CN(C)C(=O)c1[nH]c(C)c(C(=O)OC)c1C. The molecule has 0 spiro atoms. The molecule has 1 aromatic heterocycles. The third-order valence-corrected chi connectivity index (χ3v) is 5.24. The minimum absolute atomic E-state index is 0.194. The number of aromatic nitrogens is 1. The van der Waals surface area contributed by atoms with Crippen molar-refractivity contribution in [1.29, 1.82) is 0 Å². The highest BCUT2D eigenvalue weighted by Gasteiger charge is 2.25. The second-order valence-electron chi connectivity index (χ2n) is 7.39. The van der Waals surface area contributed by atoms with Crippen LogP contribution < -0.4 is 4.74 Å². The third-order valence-electron chi connectivity index (χ3n) is 5.24. The lowest BCUT2D eigenvalue weighted by Crippen LogP contribution is -2.27. The van der Waals surface area contributed by atoms with Crippen LogP contribution >= 0.6 is 0 Å². The summed E-state index contributed by atoms with van der Waals surface area (Å²) in [5.74, 6) is 0.136. The number of carbonyl (C=O) groups excluding carboxylic acids is 2. The standard InChI is InChI=1S/C24H28N2O4/c1-6-13-30-20-12-11-17-9-7-8-10-18(17)19(20)14-26(4)23(27)22-15(2)21(16(3)25-22)24(28)29-5/h7-12,25H,6,13-14H2,1-5H3. The van der Waals surface area contributed by atoms with E-state index in [1.807, 2.05) is 36.4 Å². The summed E-state index contributed by atoms with van der Waals surface area (Å²) in [6.45, 7) is 6.57. The molecule has 158 valence electrons. The minimum atomic E-state index is -0.452. The van der Waals surface area contributed by atoms with Gasteiger partial charge in [-0.2, -0.15) is 0 Å². The summed E-state index contributed by atoms with van der Waals surface area (Å²) < 4.78 is 10.8. The Morgan fingerprint density at radius 3 is 2.53 bits per heavy atom. The maximum atomic E-state index is 13.2. The zero-order valence-electron chi connectivity index (χ0n) is 18.2. The van der Waals surface area contributed by atoms with Gasteiger partial charge in [-0.3, -0.25) is 4.79 Å². The van der Waals surface area contributed by atoms with Crippen molar-refractivity contribution in [3.8, 4) is 5.75 Å². The first-order chi connectivity index (χ1) is 14.4. The van der Waals surface area contributed by atoms with Gasteiger partial charge < -0.3 is 19.4 Å². The van der Waals surface area contributed by atoms with Crippen LogP contribution in [0.1, 0.15) is 51.0 Å². The number of fused-ring (bicyclic) bond motifs is 1. The van der Waals surface area contributed by atoms with Crippen LogP contribution in [0.3, 0.4) is 0 Å². The molecule has 1 heterocycles. The monoisotopic (exact) mass is 408 g/mol. The lowest BCUT2D eigenvalue weighted by Gasteiger charge is -2.21. The number of aromatic amines is 1. The molecule has 0 fully saturated rings. The molecule has 3 aromatic rings. The summed E-state index contributed by atoms with van der Waals surface area (Å²) in [5.41, 5.74) is 2.98. The van der Waals surface area contributed by atoms with Gasteiger partial charge in [0.25, 0.3) is 5.91 Å². The van der Waals surface area contributed by atoms with Crippen LogP contribution in [0.5, 0.6) is 5.75 Å². The first-order valence-electron chi connectivity index (χ1n) is 10.0. The molecule has 0 aliphatic rings. The quantitative estimate of drug-likeness (QED) is 0.579.